The average Bonchev–Trinajstić information content (AvgIpc) is 3.34. The second kappa shape index (κ2) is 9.76. The Kier molecular flexibility index (Phi) is 6.62. The quantitative estimate of drug-likeness (QED) is 0.336. The molecule has 0 saturated carbocycles. The number of aromatic nitrogens is 1. The molecular weight excluding hydrogens is 430 g/mol. The minimum Gasteiger partial charge on any atom is -0.464 e. The van der Waals surface area contributed by atoms with Crippen LogP contribution in [0.1, 0.15) is 22.3 Å². The lowest BCUT2D eigenvalue weighted by Gasteiger charge is -2.12. The van der Waals surface area contributed by atoms with Gasteiger partial charge in [0.05, 0.1) is 23.3 Å². The number of rotatable bonds is 6. The van der Waals surface area contributed by atoms with Gasteiger partial charge in [0.25, 0.3) is 0 Å². The van der Waals surface area contributed by atoms with Crippen molar-refractivity contribution in [3.05, 3.63) is 89.2 Å². The molecule has 4 rings (SSSR count). The number of thioether (sulfide) groups is 1. The van der Waals surface area contributed by atoms with Gasteiger partial charge in [-0.3, -0.25) is 4.79 Å². The standard InChI is InChI=1S/C27H23N3O2S/c1-17-6-9-20(10-7-17)24-14-21(25-5-4-12-32-25)22(15-28)27(30-24)33-16-26(31)29-23-11-8-18(2)13-19(23)3/h4-14H,16H2,1-3H3,(H,29,31). The highest BCUT2D eigenvalue weighted by atomic mass is 32.2. The summed E-state index contributed by atoms with van der Waals surface area (Å²) in [4.78, 5) is 17.4. The summed E-state index contributed by atoms with van der Waals surface area (Å²) in [7, 11) is 0. The summed E-state index contributed by atoms with van der Waals surface area (Å²) in [5, 5.41) is 13.4. The molecule has 0 fully saturated rings. The molecule has 0 saturated heterocycles. The van der Waals surface area contributed by atoms with Crippen LogP contribution in [0.25, 0.3) is 22.6 Å². The van der Waals surface area contributed by atoms with E-state index in [-0.39, 0.29) is 11.7 Å². The maximum absolute atomic E-state index is 12.7. The molecule has 0 unspecified atom stereocenters. The highest BCUT2D eigenvalue weighted by Gasteiger charge is 2.18. The van der Waals surface area contributed by atoms with E-state index in [1.807, 2.05) is 75.4 Å². The van der Waals surface area contributed by atoms with Crippen molar-refractivity contribution in [2.24, 2.45) is 0 Å². The van der Waals surface area contributed by atoms with Gasteiger partial charge in [0.15, 0.2) is 0 Å². The number of nitriles is 1. The van der Waals surface area contributed by atoms with E-state index in [0.29, 0.717) is 21.9 Å². The van der Waals surface area contributed by atoms with Crippen molar-refractivity contribution in [2.45, 2.75) is 25.8 Å². The van der Waals surface area contributed by atoms with Crippen molar-refractivity contribution in [3.63, 3.8) is 0 Å². The molecule has 0 aliphatic heterocycles. The molecule has 164 valence electrons. The Balaban J connectivity index is 1.65. The van der Waals surface area contributed by atoms with E-state index in [1.165, 1.54) is 11.8 Å². The largest absolute Gasteiger partial charge is 0.464 e. The third kappa shape index (κ3) is 5.16. The number of amides is 1. The van der Waals surface area contributed by atoms with Gasteiger partial charge >= 0.3 is 0 Å². The zero-order valence-electron chi connectivity index (χ0n) is 18.7. The Morgan fingerprint density at radius 3 is 2.48 bits per heavy atom. The minimum atomic E-state index is -0.155. The zero-order chi connectivity index (χ0) is 23.4. The smallest absolute Gasteiger partial charge is 0.234 e. The molecule has 0 spiro atoms. The van der Waals surface area contributed by atoms with Crippen LogP contribution >= 0.6 is 11.8 Å². The van der Waals surface area contributed by atoms with Crippen LogP contribution in [0.5, 0.6) is 0 Å². The Hall–Kier alpha value is -3.82. The topological polar surface area (TPSA) is 78.9 Å². The Morgan fingerprint density at radius 2 is 1.82 bits per heavy atom. The van der Waals surface area contributed by atoms with Gasteiger partial charge in [-0.25, -0.2) is 4.98 Å². The molecule has 4 aromatic rings. The van der Waals surface area contributed by atoms with E-state index in [2.05, 4.69) is 11.4 Å². The number of anilines is 1. The molecule has 6 heteroatoms. The molecule has 2 aromatic heterocycles. The summed E-state index contributed by atoms with van der Waals surface area (Å²) < 4.78 is 5.59. The maximum Gasteiger partial charge on any atom is 0.234 e. The second-order valence-corrected chi connectivity index (χ2v) is 8.81. The number of nitrogens with zero attached hydrogens (tertiary/aromatic N) is 2. The van der Waals surface area contributed by atoms with E-state index in [1.54, 1.807) is 12.3 Å². The Morgan fingerprint density at radius 1 is 1.06 bits per heavy atom. The number of hydrogen-bond acceptors (Lipinski definition) is 5. The van der Waals surface area contributed by atoms with Crippen LogP contribution in [0.4, 0.5) is 5.69 Å². The molecule has 1 amide bonds. The van der Waals surface area contributed by atoms with Gasteiger partial charge in [-0.1, -0.05) is 59.3 Å². The van der Waals surface area contributed by atoms with Crippen LogP contribution in [0.3, 0.4) is 0 Å². The van der Waals surface area contributed by atoms with Crippen LogP contribution in [-0.4, -0.2) is 16.6 Å². The first-order valence-electron chi connectivity index (χ1n) is 10.5. The molecule has 33 heavy (non-hydrogen) atoms. The van der Waals surface area contributed by atoms with Crippen molar-refractivity contribution >= 4 is 23.4 Å². The van der Waals surface area contributed by atoms with Gasteiger partial charge in [-0.05, 0) is 50.6 Å². The molecular formula is C27H23N3O2S. The molecule has 1 N–H and O–H groups in total. The van der Waals surface area contributed by atoms with Gasteiger partial charge in [0.2, 0.25) is 5.91 Å². The fourth-order valence-corrected chi connectivity index (χ4v) is 4.31. The number of benzene rings is 2. The predicted octanol–water partition coefficient (Wildman–Crippen LogP) is 6.54. The summed E-state index contributed by atoms with van der Waals surface area (Å²) >= 11 is 1.24. The fraction of sp³-hybridized carbons (Fsp3) is 0.148. The number of pyridine rings is 1. The number of furan rings is 1. The van der Waals surface area contributed by atoms with Gasteiger partial charge in [-0.2, -0.15) is 5.26 Å². The molecule has 0 bridgehead atoms. The zero-order valence-corrected chi connectivity index (χ0v) is 19.5. The van der Waals surface area contributed by atoms with Gasteiger partial charge in [0, 0.05) is 16.8 Å². The summed E-state index contributed by atoms with van der Waals surface area (Å²) in [5.41, 5.74) is 6.78. The van der Waals surface area contributed by atoms with Crippen molar-refractivity contribution in [1.82, 2.24) is 4.98 Å². The number of carbonyl (C=O) groups excluding carboxylic acids is 1. The Bertz CT molecular complexity index is 1340. The van der Waals surface area contributed by atoms with Crippen LogP contribution in [-0.2, 0) is 4.79 Å². The highest BCUT2D eigenvalue weighted by molar-refractivity contribution is 8.00. The van der Waals surface area contributed by atoms with Crippen molar-refractivity contribution in [3.8, 4) is 28.7 Å². The number of hydrogen-bond donors (Lipinski definition) is 1. The van der Waals surface area contributed by atoms with Crippen molar-refractivity contribution in [1.29, 1.82) is 5.26 Å². The lowest BCUT2D eigenvalue weighted by atomic mass is 10.0. The van der Waals surface area contributed by atoms with Crippen molar-refractivity contribution in [2.75, 3.05) is 11.1 Å². The van der Waals surface area contributed by atoms with Crippen LogP contribution in [0.15, 0.2) is 76.4 Å². The molecule has 0 aliphatic rings. The summed E-state index contributed by atoms with van der Waals surface area (Å²) in [6.45, 7) is 6.01. The third-order valence-corrected chi connectivity index (χ3v) is 6.20. The summed E-state index contributed by atoms with van der Waals surface area (Å²) in [5.74, 6) is 0.561. The van der Waals surface area contributed by atoms with Gasteiger partial charge < -0.3 is 9.73 Å². The second-order valence-electron chi connectivity index (χ2n) is 7.85. The number of carbonyl (C=O) groups is 1. The predicted molar refractivity (Wildman–Crippen MR) is 132 cm³/mol. The lowest BCUT2D eigenvalue weighted by Crippen LogP contribution is -2.15. The van der Waals surface area contributed by atoms with E-state index in [9.17, 15) is 10.1 Å². The highest BCUT2D eigenvalue weighted by Crippen LogP contribution is 2.34. The first-order chi connectivity index (χ1) is 15.9. The van der Waals surface area contributed by atoms with E-state index >= 15 is 0 Å². The van der Waals surface area contributed by atoms with E-state index in [4.69, 9.17) is 9.40 Å². The maximum atomic E-state index is 12.7. The van der Waals surface area contributed by atoms with Gasteiger partial charge in [0.1, 0.15) is 16.9 Å². The molecule has 5 nitrogen and oxygen atoms in total. The van der Waals surface area contributed by atoms with E-state index < -0.39 is 0 Å². The monoisotopic (exact) mass is 453 g/mol. The minimum absolute atomic E-state index is 0.129. The van der Waals surface area contributed by atoms with Gasteiger partial charge in [-0.15, -0.1) is 0 Å². The average molecular weight is 454 g/mol. The molecule has 0 aliphatic carbocycles. The molecule has 0 radical (unpaired) electrons. The summed E-state index contributed by atoms with van der Waals surface area (Å²) in [6, 6.07) is 21.6. The third-order valence-electron chi connectivity index (χ3n) is 5.23. The molecule has 2 heterocycles. The SMILES string of the molecule is Cc1ccc(-c2cc(-c3ccco3)c(C#N)c(SCC(=O)Nc3ccc(C)cc3C)n2)cc1. The molecule has 2 aromatic carbocycles. The number of nitrogens with one attached hydrogen (secondary N) is 1. The first kappa shape index (κ1) is 22.4. The molecule has 0 atom stereocenters. The Labute approximate surface area is 197 Å². The normalized spacial score (nSPS) is 10.6. The van der Waals surface area contributed by atoms with Crippen LogP contribution < -0.4 is 5.32 Å². The van der Waals surface area contributed by atoms with E-state index in [0.717, 1.165) is 33.6 Å². The first-order valence-corrected chi connectivity index (χ1v) is 11.5. The lowest BCUT2D eigenvalue weighted by molar-refractivity contribution is -0.113. The van der Waals surface area contributed by atoms with Crippen LogP contribution in [0.2, 0.25) is 0 Å². The summed E-state index contributed by atoms with van der Waals surface area (Å²) in [6.07, 6.45) is 1.58. The fourth-order valence-electron chi connectivity index (χ4n) is 3.51. The number of aryl methyl sites for hydroxylation is 3. The van der Waals surface area contributed by atoms with Crippen LogP contribution in [0, 0.1) is 32.1 Å². The van der Waals surface area contributed by atoms with Crippen molar-refractivity contribution < 1.29 is 9.21 Å².